The van der Waals surface area contributed by atoms with Crippen molar-refractivity contribution in [2.24, 2.45) is 23.0 Å². The standard InChI is InChI=1S/C17H35N3O/c1-12(2)19-16(21)11-20(6)15-9-14(17(3,4)5)8-7-13(15)10-18/h12-15H,7-11,18H2,1-6H3,(H,19,21). The van der Waals surface area contributed by atoms with Gasteiger partial charge in [0.1, 0.15) is 0 Å². The molecule has 21 heavy (non-hydrogen) atoms. The molecule has 3 unspecified atom stereocenters. The van der Waals surface area contributed by atoms with Crippen LogP contribution in [0.2, 0.25) is 0 Å². The molecule has 0 aromatic rings. The van der Waals surface area contributed by atoms with E-state index in [1.54, 1.807) is 0 Å². The van der Waals surface area contributed by atoms with Crippen LogP contribution < -0.4 is 11.1 Å². The first kappa shape index (κ1) is 18.4. The molecule has 1 saturated carbocycles. The van der Waals surface area contributed by atoms with Crippen molar-refractivity contribution < 1.29 is 4.79 Å². The van der Waals surface area contributed by atoms with E-state index in [4.69, 9.17) is 5.73 Å². The zero-order chi connectivity index (χ0) is 16.2. The molecule has 0 radical (unpaired) electrons. The molecule has 1 aliphatic rings. The van der Waals surface area contributed by atoms with Gasteiger partial charge in [-0.1, -0.05) is 20.8 Å². The highest BCUT2D eigenvalue weighted by molar-refractivity contribution is 5.78. The molecule has 0 saturated heterocycles. The van der Waals surface area contributed by atoms with Gasteiger partial charge < -0.3 is 11.1 Å². The van der Waals surface area contributed by atoms with Crippen LogP contribution in [0.5, 0.6) is 0 Å². The third-order valence-corrected chi connectivity index (χ3v) is 4.89. The van der Waals surface area contributed by atoms with E-state index in [0.29, 0.717) is 29.8 Å². The Bertz CT molecular complexity index is 335. The third-order valence-electron chi connectivity index (χ3n) is 4.89. The summed E-state index contributed by atoms with van der Waals surface area (Å²) < 4.78 is 0. The summed E-state index contributed by atoms with van der Waals surface area (Å²) in [6.45, 7) is 12.1. The van der Waals surface area contributed by atoms with Crippen LogP contribution in [0.25, 0.3) is 0 Å². The molecule has 0 aromatic carbocycles. The van der Waals surface area contributed by atoms with Crippen molar-refractivity contribution >= 4 is 5.91 Å². The zero-order valence-electron chi connectivity index (χ0n) is 14.8. The van der Waals surface area contributed by atoms with Gasteiger partial charge in [-0.25, -0.2) is 0 Å². The fraction of sp³-hybridized carbons (Fsp3) is 0.941. The van der Waals surface area contributed by atoms with E-state index < -0.39 is 0 Å². The highest BCUT2D eigenvalue weighted by Gasteiger charge is 2.37. The smallest absolute Gasteiger partial charge is 0.234 e. The quantitative estimate of drug-likeness (QED) is 0.818. The molecule has 0 spiro atoms. The largest absolute Gasteiger partial charge is 0.353 e. The Hall–Kier alpha value is -0.610. The topological polar surface area (TPSA) is 58.4 Å². The van der Waals surface area contributed by atoms with Gasteiger partial charge >= 0.3 is 0 Å². The lowest BCUT2D eigenvalue weighted by Crippen LogP contribution is -2.50. The normalized spacial score (nSPS) is 27.2. The minimum atomic E-state index is 0.112. The van der Waals surface area contributed by atoms with Crippen LogP contribution in [0.3, 0.4) is 0 Å². The Balaban J connectivity index is 2.68. The van der Waals surface area contributed by atoms with Crippen LogP contribution in [0.4, 0.5) is 0 Å². The van der Waals surface area contributed by atoms with Crippen LogP contribution >= 0.6 is 0 Å². The second kappa shape index (κ2) is 7.59. The maximum atomic E-state index is 12.0. The number of rotatable bonds is 5. The van der Waals surface area contributed by atoms with Crippen LogP contribution in [0.15, 0.2) is 0 Å². The van der Waals surface area contributed by atoms with E-state index >= 15 is 0 Å². The number of likely N-dealkylation sites (N-methyl/N-ethyl adjacent to an activating group) is 1. The number of carbonyl (C=O) groups excluding carboxylic acids is 1. The first-order valence-corrected chi connectivity index (χ1v) is 8.34. The minimum absolute atomic E-state index is 0.112. The Morgan fingerprint density at radius 2 is 1.95 bits per heavy atom. The van der Waals surface area contributed by atoms with E-state index in [2.05, 4.69) is 38.0 Å². The minimum Gasteiger partial charge on any atom is -0.353 e. The van der Waals surface area contributed by atoms with Crippen LogP contribution in [0.1, 0.15) is 53.9 Å². The number of amides is 1. The van der Waals surface area contributed by atoms with Gasteiger partial charge in [0.2, 0.25) is 5.91 Å². The molecule has 3 atom stereocenters. The third kappa shape index (κ3) is 5.59. The molecule has 1 fully saturated rings. The van der Waals surface area contributed by atoms with Gasteiger partial charge in [0, 0.05) is 12.1 Å². The molecule has 4 nitrogen and oxygen atoms in total. The molecule has 0 aliphatic heterocycles. The molecule has 3 N–H and O–H groups in total. The maximum absolute atomic E-state index is 12.0. The Morgan fingerprint density at radius 1 is 1.33 bits per heavy atom. The van der Waals surface area contributed by atoms with Gasteiger partial charge in [0.05, 0.1) is 6.54 Å². The SMILES string of the molecule is CC(C)NC(=O)CN(C)C1CC(C(C)(C)C)CCC1CN. The Labute approximate surface area is 130 Å². The predicted octanol–water partition coefficient (Wildman–Crippen LogP) is 2.23. The molecule has 0 bridgehead atoms. The van der Waals surface area contributed by atoms with Gasteiger partial charge in [0.25, 0.3) is 0 Å². The summed E-state index contributed by atoms with van der Waals surface area (Å²) in [4.78, 5) is 14.2. The second-order valence-electron chi connectivity index (χ2n) is 8.08. The van der Waals surface area contributed by atoms with E-state index in [0.717, 1.165) is 13.0 Å². The van der Waals surface area contributed by atoms with Crippen molar-refractivity contribution in [2.75, 3.05) is 20.1 Å². The highest BCUT2D eigenvalue weighted by atomic mass is 16.2. The second-order valence-corrected chi connectivity index (χ2v) is 8.08. The predicted molar refractivity (Wildman–Crippen MR) is 89.0 cm³/mol. The number of hydrogen-bond acceptors (Lipinski definition) is 3. The number of hydrogen-bond donors (Lipinski definition) is 2. The van der Waals surface area contributed by atoms with Crippen molar-refractivity contribution in [1.29, 1.82) is 0 Å². The fourth-order valence-corrected chi connectivity index (χ4v) is 3.52. The summed E-state index contributed by atoms with van der Waals surface area (Å²) in [6, 6.07) is 0.621. The number of carbonyl (C=O) groups is 1. The van der Waals surface area contributed by atoms with E-state index in [9.17, 15) is 4.79 Å². The first-order chi connectivity index (χ1) is 9.65. The van der Waals surface area contributed by atoms with Gasteiger partial charge in [0.15, 0.2) is 0 Å². The lowest BCUT2D eigenvalue weighted by molar-refractivity contribution is -0.123. The molecule has 0 aromatic heterocycles. The molecule has 1 aliphatic carbocycles. The van der Waals surface area contributed by atoms with Gasteiger partial charge in [-0.3, -0.25) is 9.69 Å². The number of nitrogens with one attached hydrogen (secondary N) is 1. The average Bonchev–Trinajstić information content (AvgIpc) is 2.35. The summed E-state index contributed by atoms with van der Waals surface area (Å²) in [5.41, 5.74) is 6.30. The molecular formula is C17H35N3O. The Morgan fingerprint density at radius 3 is 2.43 bits per heavy atom. The summed E-state index contributed by atoms with van der Waals surface area (Å²) >= 11 is 0. The van der Waals surface area contributed by atoms with Gasteiger partial charge in [-0.2, -0.15) is 0 Å². The molecule has 124 valence electrons. The first-order valence-electron chi connectivity index (χ1n) is 8.34. The van der Waals surface area contributed by atoms with Crippen LogP contribution in [-0.2, 0) is 4.79 Å². The lowest BCUT2D eigenvalue weighted by Gasteiger charge is -2.45. The summed E-state index contributed by atoms with van der Waals surface area (Å²) in [6.07, 6.45) is 3.59. The number of nitrogens with zero attached hydrogens (tertiary/aromatic N) is 1. The van der Waals surface area contributed by atoms with Gasteiger partial charge in [-0.15, -0.1) is 0 Å². The van der Waals surface area contributed by atoms with Crippen molar-refractivity contribution in [3.8, 4) is 0 Å². The van der Waals surface area contributed by atoms with Crippen molar-refractivity contribution in [3.05, 3.63) is 0 Å². The van der Waals surface area contributed by atoms with Crippen molar-refractivity contribution in [2.45, 2.75) is 66.0 Å². The molecule has 4 heteroatoms. The molecule has 1 rings (SSSR count). The average molecular weight is 297 g/mol. The van der Waals surface area contributed by atoms with Crippen LogP contribution in [-0.4, -0.2) is 43.0 Å². The fourth-order valence-electron chi connectivity index (χ4n) is 3.52. The van der Waals surface area contributed by atoms with Crippen molar-refractivity contribution in [1.82, 2.24) is 10.2 Å². The van der Waals surface area contributed by atoms with E-state index in [1.807, 2.05) is 13.8 Å². The van der Waals surface area contributed by atoms with Crippen LogP contribution in [0, 0.1) is 17.3 Å². The highest BCUT2D eigenvalue weighted by Crippen LogP contribution is 2.41. The maximum Gasteiger partial charge on any atom is 0.234 e. The molecular weight excluding hydrogens is 262 g/mol. The molecule has 0 heterocycles. The van der Waals surface area contributed by atoms with Gasteiger partial charge in [-0.05, 0) is 64.0 Å². The number of nitrogens with two attached hydrogens (primary N) is 1. The lowest BCUT2D eigenvalue weighted by atomic mass is 9.67. The summed E-state index contributed by atoms with van der Waals surface area (Å²) in [7, 11) is 2.07. The monoisotopic (exact) mass is 297 g/mol. The zero-order valence-corrected chi connectivity index (χ0v) is 14.8. The Kier molecular flexibility index (Phi) is 6.67. The van der Waals surface area contributed by atoms with Crippen molar-refractivity contribution in [3.63, 3.8) is 0 Å². The van der Waals surface area contributed by atoms with E-state index in [1.165, 1.54) is 12.8 Å². The van der Waals surface area contributed by atoms with E-state index in [-0.39, 0.29) is 11.9 Å². The summed E-state index contributed by atoms with van der Waals surface area (Å²) in [5.74, 6) is 1.34. The summed E-state index contributed by atoms with van der Waals surface area (Å²) in [5, 5.41) is 2.98. The molecule has 1 amide bonds.